The van der Waals surface area contributed by atoms with Crippen LogP contribution in [-0.2, 0) is 9.59 Å². The Hall–Kier alpha value is -0.650. The summed E-state index contributed by atoms with van der Waals surface area (Å²) in [5.74, 6) is -2.20. The van der Waals surface area contributed by atoms with Crippen LogP contribution >= 0.6 is 11.6 Å². The highest BCUT2D eigenvalue weighted by Gasteiger charge is 2.49. The number of hydrogen-bond donors (Lipinski definition) is 3. The van der Waals surface area contributed by atoms with Crippen molar-refractivity contribution in [2.24, 2.45) is 5.73 Å². The summed E-state index contributed by atoms with van der Waals surface area (Å²) in [5.41, 5.74) is 2.86. The summed E-state index contributed by atoms with van der Waals surface area (Å²) >= 11 is 5.31. The van der Waals surface area contributed by atoms with Crippen molar-refractivity contribution in [3.8, 4) is 0 Å². The number of nitrogens with two attached hydrogens (primary N) is 1. The molecule has 4 N–H and O–H groups in total. The van der Waals surface area contributed by atoms with E-state index in [0.717, 1.165) is 6.42 Å². The summed E-state index contributed by atoms with van der Waals surface area (Å²) in [6.07, 6.45) is 1.35. The molecule has 1 amide bonds. The van der Waals surface area contributed by atoms with Gasteiger partial charge in [0.1, 0.15) is 0 Å². The third-order valence-electron chi connectivity index (χ3n) is 2.49. The topological polar surface area (TPSA) is 92.4 Å². The number of amides is 1. The summed E-state index contributed by atoms with van der Waals surface area (Å²) in [7, 11) is 0. The molecular weight excluding hydrogens is 208 g/mol. The van der Waals surface area contributed by atoms with Crippen molar-refractivity contribution in [3.63, 3.8) is 0 Å². The van der Waals surface area contributed by atoms with E-state index in [1.807, 2.05) is 0 Å². The maximum atomic E-state index is 11.3. The molecule has 0 spiro atoms. The molecule has 1 aliphatic rings. The van der Waals surface area contributed by atoms with Crippen LogP contribution in [-0.4, -0.2) is 40.9 Å². The Bertz CT molecular complexity index is 253. The largest absolute Gasteiger partial charge is 0.372 e. The van der Waals surface area contributed by atoms with Crippen LogP contribution in [0.25, 0.3) is 0 Å². The average molecular weight is 221 g/mol. The van der Waals surface area contributed by atoms with Gasteiger partial charge in [-0.2, -0.15) is 0 Å². The van der Waals surface area contributed by atoms with Crippen LogP contribution < -0.4 is 11.1 Å². The van der Waals surface area contributed by atoms with Gasteiger partial charge in [-0.05, 0) is 19.4 Å². The van der Waals surface area contributed by atoms with E-state index in [9.17, 15) is 14.7 Å². The van der Waals surface area contributed by atoms with Gasteiger partial charge in [0.15, 0.2) is 5.78 Å². The molecule has 1 aliphatic heterocycles. The van der Waals surface area contributed by atoms with Crippen molar-refractivity contribution in [1.82, 2.24) is 5.32 Å². The summed E-state index contributed by atoms with van der Waals surface area (Å²) in [4.78, 5) is 22.4. The lowest BCUT2D eigenvalue weighted by atomic mass is 9.88. The number of nitrogens with one attached hydrogen (secondary N) is 1. The normalized spacial score (nSPS) is 25.7. The first kappa shape index (κ1) is 11.4. The molecule has 1 fully saturated rings. The average Bonchev–Trinajstić information content (AvgIpc) is 2.68. The van der Waals surface area contributed by atoms with Crippen LogP contribution in [0, 0.1) is 0 Å². The van der Waals surface area contributed by atoms with Crippen LogP contribution in [0.5, 0.6) is 0 Å². The first-order valence-electron chi connectivity index (χ1n) is 4.38. The van der Waals surface area contributed by atoms with Crippen molar-refractivity contribution in [2.75, 3.05) is 12.4 Å². The highest BCUT2D eigenvalue weighted by Crippen LogP contribution is 2.20. The molecule has 14 heavy (non-hydrogen) atoms. The van der Waals surface area contributed by atoms with Gasteiger partial charge in [0.05, 0.1) is 11.9 Å². The third kappa shape index (κ3) is 1.75. The van der Waals surface area contributed by atoms with Gasteiger partial charge in [-0.15, -0.1) is 11.6 Å². The molecule has 0 aromatic heterocycles. The fourth-order valence-corrected chi connectivity index (χ4v) is 1.85. The molecule has 6 heteroatoms. The molecule has 0 aromatic rings. The third-order valence-corrected chi connectivity index (χ3v) is 2.73. The van der Waals surface area contributed by atoms with E-state index in [4.69, 9.17) is 17.3 Å². The number of alkyl halides is 1. The van der Waals surface area contributed by atoms with Gasteiger partial charge in [0.2, 0.25) is 5.60 Å². The van der Waals surface area contributed by atoms with E-state index < -0.39 is 29.2 Å². The van der Waals surface area contributed by atoms with E-state index in [2.05, 4.69) is 5.32 Å². The highest BCUT2D eigenvalue weighted by atomic mass is 35.5. The van der Waals surface area contributed by atoms with Crippen molar-refractivity contribution in [3.05, 3.63) is 0 Å². The summed E-state index contributed by atoms with van der Waals surface area (Å²) in [5, 5.41) is 12.7. The van der Waals surface area contributed by atoms with Gasteiger partial charge < -0.3 is 16.2 Å². The Balaban J connectivity index is 2.90. The van der Waals surface area contributed by atoms with Crippen LogP contribution in [0.1, 0.15) is 12.8 Å². The lowest BCUT2D eigenvalue weighted by Crippen LogP contribution is -2.62. The second-order valence-corrected chi connectivity index (χ2v) is 3.60. The molecule has 80 valence electrons. The van der Waals surface area contributed by atoms with E-state index in [1.165, 1.54) is 0 Å². The van der Waals surface area contributed by atoms with Crippen LogP contribution in [0.3, 0.4) is 0 Å². The number of ketones is 1. The molecule has 1 heterocycles. The van der Waals surface area contributed by atoms with Crippen LogP contribution in [0.15, 0.2) is 0 Å². The molecule has 5 nitrogen and oxygen atoms in total. The highest BCUT2D eigenvalue weighted by molar-refractivity contribution is 6.31. The fraction of sp³-hybridized carbons (Fsp3) is 0.750. The lowest BCUT2D eigenvalue weighted by molar-refractivity contribution is -0.151. The molecule has 1 saturated heterocycles. The summed E-state index contributed by atoms with van der Waals surface area (Å²) in [6, 6.07) is -0.605. The van der Waals surface area contributed by atoms with Crippen molar-refractivity contribution >= 4 is 23.3 Å². The number of carbonyl (C=O) groups excluding carboxylic acids is 2. The summed E-state index contributed by atoms with van der Waals surface area (Å²) in [6.45, 7) is 0.663. The van der Waals surface area contributed by atoms with Crippen molar-refractivity contribution in [1.29, 1.82) is 0 Å². The standard InChI is InChI=1S/C8H13ClN2O3/c9-4-6(12)8(14,7(10)13)5-2-1-3-11-5/h5,11,14H,1-4H2,(H2,10,13)/t5-,8?/m0/s1. The first-order valence-corrected chi connectivity index (χ1v) is 4.92. The minimum absolute atomic E-state index is 0.419. The number of rotatable bonds is 4. The zero-order valence-electron chi connectivity index (χ0n) is 7.62. The van der Waals surface area contributed by atoms with Gasteiger partial charge in [0, 0.05) is 0 Å². The second kappa shape index (κ2) is 4.25. The van der Waals surface area contributed by atoms with Crippen LogP contribution in [0.4, 0.5) is 0 Å². The molecular formula is C8H13ClN2O3. The summed E-state index contributed by atoms with van der Waals surface area (Å²) < 4.78 is 0. The van der Waals surface area contributed by atoms with Crippen molar-refractivity contribution < 1.29 is 14.7 Å². The molecule has 0 aromatic carbocycles. The molecule has 0 saturated carbocycles. The maximum Gasteiger partial charge on any atom is 0.258 e. The minimum atomic E-state index is -2.15. The molecule has 1 rings (SSSR count). The zero-order valence-corrected chi connectivity index (χ0v) is 8.38. The minimum Gasteiger partial charge on any atom is -0.372 e. The van der Waals surface area contributed by atoms with Crippen molar-refractivity contribution in [2.45, 2.75) is 24.5 Å². The maximum absolute atomic E-state index is 11.3. The Labute approximate surface area is 86.6 Å². The predicted octanol–water partition coefficient (Wildman–Crippen LogP) is -1.24. The van der Waals surface area contributed by atoms with E-state index >= 15 is 0 Å². The van der Waals surface area contributed by atoms with Gasteiger partial charge in [-0.25, -0.2) is 0 Å². The predicted molar refractivity (Wildman–Crippen MR) is 50.9 cm³/mol. The Morgan fingerprint density at radius 1 is 1.64 bits per heavy atom. The Kier molecular flexibility index (Phi) is 3.47. The Morgan fingerprint density at radius 3 is 2.64 bits per heavy atom. The molecule has 0 bridgehead atoms. The van der Waals surface area contributed by atoms with E-state index in [1.54, 1.807) is 0 Å². The smallest absolute Gasteiger partial charge is 0.258 e. The second-order valence-electron chi connectivity index (χ2n) is 3.34. The molecule has 0 aliphatic carbocycles. The van der Waals surface area contributed by atoms with Gasteiger partial charge in [-0.1, -0.05) is 0 Å². The first-order chi connectivity index (χ1) is 6.53. The van der Waals surface area contributed by atoms with Gasteiger partial charge >= 0.3 is 0 Å². The lowest BCUT2D eigenvalue weighted by Gasteiger charge is -2.28. The van der Waals surface area contributed by atoms with Crippen LogP contribution in [0.2, 0.25) is 0 Å². The van der Waals surface area contributed by atoms with E-state index in [-0.39, 0.29) is 0 Å². The molecule has 0 radical (unpaired) electrons. The van der Waals surface area contributed by atoms with Gasteiger partial charge in [0.25, 0.3) is 5.91 Å². The number of carbonyl (C=O) groups is 2. The monoisotopic (exact) mass is 220 g/mol. The molecule has 2 atom stereocenters. The number of Topliss-reactive ketones (excluding diaryl/α,β-unsaturated/α-hetero) is 1. The number of aliphatic hydroxyl groups is 1. The molecule has 1 unspecified atom stereocenters. The number of hydrogen-bond acceptors (Lipinski definition) is 4. The van der Waals surface area contributed by atoms with E-state index in [0.29, 0.717) is 13.0 Å². The van der Waals surface area contributed by atoms with Gasteiger partial charge in [-0.3, -0.25) is 9.59 Å². The zero-order chi connectivity index (χ0) is 10.8. The Morgan fingerprint density at radius 2 is 2.29 bits per heavy atom. The number of halogens is 1. The SMILES string of the molecule is NC(=O)C(O)(C(=O)CCl)[C@@H]1CCCN1. The number of primary amides is 1. The quantitative estimate of drug-likeness (QED) is 0.408. The fourth-order valence-electron chi connectivity index (χ4n) is 1.65.